The van der Waals surface area contributed by atoms with Crippen LogP contribution in [0.15, 0.2) is 30.3 Å². The third-order valence-corrected chi connectivity index (χ3v) is 4.60. The van der Waals surface area contributed by atoms with E-state index in [-0.39, 0.29) is 5.91 Å². The average molecular weight is 301 g/mol. The van der Waals surface area contributed by atoms with Gasteiger partial charge < -0.3 is 4.90 Å². The maximum Gasteiger partial charge on any atom is 0.272 e. The van der Waals surface area contributed by atoms with Gasteiger partial charge in [-0.15, -0.1) is 0 Å². The quantitative estimate of drug-likeness (QED) is 0.858. The molecule has 21 heavy (non-hydrogen) atoms. The second-order valence-corrected chi connectivity index (χ2v) is 6.55. The number of carbonyl (C=O) groups excluding carboxylic acids is 1. The number of amides is 1. The Morgan fingerprint density at radius 3 is 2.71 bits per heavy atom. The lowest BCUT2D eigenvalue weighted by molar-refractivity contribution is 0.0729. The number of pyridine rings is 1. The highest BCUT2D eigenvalue weighted by Gasteiger charge is 2.37. The Hall–Kier alpha value is -1.61. The molecule has 1 aromatic heterocycles. The van der Waals surface area contributed by atoms with Gasteiger partial charge >= 0.3 is 0 Å². The molecule has 0 unspecified atom stereocenters. The van der Waals surface area contributed by atoms with Crippen molar-refractivity contribution in [1.82, 2.24) is 9.88 Å². The minimum absolute atomic E-state index is 0.0389. The first-order valence-corrected chi connectivity index (χ1v) is 7.96. The van der Waals surface area contributed by atoms with Crippen LogP contribution in [-0.2, 0) is 0 Å². The fourth-order valence-electron chi connectivity index (χ4n) is 2.75. The van der Waals surface area contributed by atoms with E-state index in [1.165, 1.54) is 12.8 Å². The standard InChI is InChI=1S/C17H17ClN2O/c18-14-9-16(19-15-4-2-1-3-13(14)15)17(21)20(12-7-8-12)10-11-5-6-11/h1-4,9,11-12H,5-8,10H2. The summed E-state index contributed by atoms with van der Waals surface area (Å²) in [4.78, 5) is 19.3. The van der Waals surface area contributed by atoms with Crippen LogP contribution in [0.1, 0.15) is 36.2 Å². The first-order chi connectivity index (χ1) is 10.2. The molecule has 0 spiro atoms. The molecule has 108 valence electrons. The minimum atomic E-state index is 0.0389. The van der Waals surface area contributed by atoms with Gasteiger partial charge in [0.25, 0.3) is 5.91 Å². The Bertz CT molecular complexity index is 707. The van der Waals surface area contributed by atoms with Gasteiger partial charge in [-0.3, -0.25) is 4.79 Å². The van der Waals surface area contributed by atoms with Crippen molar-refractivity contribution >= 4 is 28.4 Å². The molecule has 2 aromatic rings. The monoisotopic (exact) mass is 300 g/mol. The van der Waals surface area contributed by atoms with Crippen molar-refractivity contribution < 1.29 is 4.79 Å². The van der Waals surface area contributed by atoms with Crippen LogP contribution in [0, 0.1) is 5.92 Å². The molecular weight excluding hydrogens is 284 g/mol. The molecule has 2 fully saturated rings. The van der Waals surface area contributed by atoms with Gasteiger partial charge in [0.05, 0.1) is 10.5 Å². The molecule has 0 bridgehead atoms. The van der Waals surface area contributed by atoms with Crippen LogP contribution in [0.4, 0.5) is 0 Å². The van der Waals surface area contributed by atoms with E-state index in [1.807, 2.05) is 29.2 Å². The van der Waals surface area contributed by atoms with Crippen LogP contribution in [-0.4, -0.2) is 28.4 Å². The van der Waals surface area contributed by atoms with Gasteiger partial charge in [-0.25, -0.2) is 4.98 Å². The van der Waals surface area contributed by atoms with E-state index in [9.17, 15) is 4.79 Å². The minimum Gasteiger partial charge on any atom is -0.334 e. The lowest BCUT2D eigenvalue weighted by Crippen LogP contribution is -2.35. The SMILES string of the molecule is O=C(c1cc(Cl)c2ccccc2n1)N(CC1CC1)C1CC1. The van der Waals surface area contributed by atoms with Crippen LogP contribution < -0.4 is 0 Å². The summed E-state index contributed by atoms with van der Waals surface area (Å²) < 4.78 is 0. The Kier molecular flexibility index (Phi) is 3.11. The van der Waals surface area contributed by atoms with Crippen LogP contribution >= 0.6 is 11.6 Å². The van der Waals surface area contributed by atoms with Gasteiger partial charge in [0.15, 0.2) is 0 Å². The number of rotatable bonds is 4. The second-order valence-electron chi connectivity index (χ2n) is 6.14. The summed E-state index contributed by atoms with van der Waals surface area (Å²) in [5, 5.41) is 1.50. The normalized spacial score (nSPS) is 18.0. The van der Waals surface area contributed by atoms with E-state index in [4.69, 9.17) is 11.6 Å². The number of benzene rings is 1. The zero-order chi connectivity index (χ0) is 14.4. The lowest BCUT2D eigenvalue weighted by Gasteiger charge is -2.22. The average Bonchev–Trinajstić information content (AvgIpc) is 3.37. The van der Waals surface area contributed by atoms with Crippen LogP contribution in [0.2, 0.25) is 5.02 Å². The Morgan fingerprint density at radius 1 is 1.24 bits per heavy atom. The first-order valence-electron chi connectivity index (χ1n) is 7.58. The van der Waals surface area contributed by atoms with E-state index in [0.717, 1.165) is 30.3 Å². The van der Waals surface area contributed by atoms with E-state index >= 15 is 0 Å². The number of hydrogen-bond donors (Lipinski definition) is 0. The Balaban J connectivity index is 1.68. The summed E-state index contributed by atoms with van der Waals surface area (Å²) in [5.74, 6) is 0.738. The molecule has 0 atom stereocenters. The highest BCUT2D eigenvalue weighted by molar-refractivity contribution is 6.35. The molecule has 0 N–H and O–H groups in total. The molecule has 2 aliphatic carbocycles. The molecule has 2 aliphatic rings. The van der Waals surface area contributed by atoms with Crippen LogP contribution in [0.5, 0.6) is 0 Å². The lowest BCUT2D eigenvalue weighted by atomic mass is 10.2. The molecule has 1 heterocycles. The van der Waals surface area contributed by atoms with Crippen molar-refractivity contribution in [2.24, 2.45) is 5.92 Å². The van der Waals surface area contributed by atoms with Crippen molar-refractivity contribution in [3.8, 4) is 0 Å². The number of fused-ring (bicyclic) bond motifs is 1. The molecular formula is C17H17ClN2O. The molecule has 0 radical (unpaired) electrons. The molecule has 4 heteroatoms. The van der Waals surface area contributed by atoms with Crippen molar-refractivity contribution in [3.05, 3.63) is 41.0 Å². The van der Waals surface area contributed by atoms with Gasteiger partial charge in [-0.1, -0.05) is 29.8 Å². The smallest absolute Gasteiger partial charge is 0.272 e. The number of aromatic nitrogens is 1. The Morgan fingerprint density at radius 2 is 2.00 bits per heavy atom. The van der Waals surface area contributed by atoms with E-state index in [1.54, 1.807) is 6.07 Å². The molecule has 1 amide bonds. The van der Waals surface area contributed by atoms with Gasteiger partial charge in [0.1, 0.15) is 5.69 Å². The van der Waals surface area contributed by atoms with Gasteiger partial charge in [0.2, 0.25) is 0 Å². The van der Waals surface area contributed by atoms with Crippen LogP contribution in [0.25, 0.3) is 10.9 Å². The summed E-state index contributed by atoms with van der Waals surface area (Å²) in [6, 6.07) is 9.82. The van der Waals surface area contributed by atoms with E-state index in [0.29, 0.717) is 22.7 Å². The molecule has 0 saturated heterocycles. The van der Waals surface area contributed by atoms with Crippen molar-refractivity contribution in [1.29, 1.82) is 0 Å². The summed E-state index contributed by atoms with van der Waals surface area (Å²) in [5.41, 5.74) is 1.27. The van der Waals surface area contributed by atoms with Gasteiger partial charge in [-0.05, 0) is 43.7 Å². The summed E-state index contributed by atoms with van der Waals surface area (Å²) >= 11 is 6.31. The van der Waals surface area contributed by atoms with E-state index in [2.05, 4.69) is 4.98 Å². The highest BCUT2D eigenvalue weighted by atomic mass is 35.5. The summed E-state index contributed by atoms with van der Waals surface area (Å²) in [7, 11) is 0. The maximum absolute atomic E-state index is 12.8. The number of nitrogens with zero attached hydrogens (tertiary/aromatic N) is 2. The molecule has 0 aliphatic heterocycles. The number of para-hydroxylation sites is 1. The first kappa shape index (κ1) is 13.1. The predicted octanol–water partition coefficient (Wildman–Crippen LogP) is 3.90. The molecule has 1 aromatic carbocycles. The summed E-state index contributed by atoms with van der Waals surface area (Å²) in [6.45, 7) is 0.885. The fraction of sp³-hybridized carbons (Fsp3) is 0.412. The molecule has 3 nitrogen and oxygen atoms in total. The Labute approximate surface area is 128 Å². The fourth-order valence-corrected chi connectivity index (χ4v) is 3.02. The predicted molar refractivity (Wildman–Crippen MR) is 83.5 cm³/mol. The summed E-state index contributed by atoms with van der Waals surface area (Å²) in [6.07, 6.45) is 4.75. The van der Waals surface area contributed by atoms with Crippen LogP contribution in [0.3, 0.4) is 0 Å². The molecule has 4 rings (SSSR count). The largest absolute Gasteiger partial charge is 0.334 e. The van der Waals surface area contributed by atoms with Gasteiger partial charge in [0, 0.05) is 18.0 Å². The van der Waals surface area contributed by atoms with Crippen molar-refractivity contribution in [2.75, 3.05) is 6.54 Å². The van der Waals surface area contributed by atoms with Gasteiger partial charge in [-0.2, -0.15) is 0 Å². The third kappa shape index (κ3) is 2.62. The van der Waals surface area contributed by atoms with E-state index < -0.39 is 0 Å². The second kappa shape index (κ2) is 4.99. The number of halogens is 1. The van der Waals surface area contributed by atoms with Crippen molar-refractivity contribution in [2.45, 2.75) is 31.7 Å². The number of carbonyl (C=O) groups is 1. The maximum atomic E-state index is 12.8. The third-order valence-electron chi connectivity index (χ3n) is 4.29. The zero-order valence-corrected chi connectivity index (χ0v) is 12.5. The topological polar surface area (TPSA) is 33.2 Å². The van der Waals surface area contributed by atoms with Crippen molar-refractivity contribution in [3.63, 3.8) is 0 Å². The zero-order valence-electron chi connectivity index (χ0n) is 11.8. The molecule has 2 saturated carbocycles. The number of hydrogen-bond acceptors (Lipinski definition) is 2. The highest BCUT2D eigenvalue weighted by Crippen LogP contribution is 2.36.